The average Bonchev–Trinajstić information content (AvgIpc) is 3.66. The average molecular weight is 676 g/mol. The molecule has 5 saturated carbocycles. The van der Waals surface area contributed by atoms with E-state index in [0.717, 1.165) is 77.8 Å². The van der Waals surface area contributed by atoms with Gasteiger partial charge in [-0.1, -0.05) is 27.7 Å². The standard InChI is InChI=1S/C38H65N3O7/c1-8-46-31(34(5,6)44)24-21-23(2)28-29(47-24)30(42)38(39)26-10-9-25-33(3,4)27(48-32(43)40-15-16-41-17-19-45-20-18-41)11-12-36(25)22-37(26,36)14-13-35(28,38)7/h23-31,42,44H,8-22,39H2,1-7H3,(H,40,43)/t23-,24?,25+,26?,27+,28+,29?,30+,31+,35?,36-,37?,38+/m1/s1. The molecular formula is C38H65N3O7. The van der Waals surface area contributed by atoms with Crippen molar-refractivity contribution < 1.29 is 34.0 Å². The van der Waals surface area contributed by atoms with Gasteiger partial charge in [0.2, 0.25) is 0 Å². The molecule has 0 radical (unpaired) electrons. The van der Waals surface area contributed by atoms with Crippen LogP contribution in [0.25, 0.3) is 0 Å². The Morgan fingerprint density at radius 2 is 1.77 bits per heavy atom. The molecular weight excluding hydrogens is 610 g/mol. The number of morpholine rings is 1. The number of aliphatic hydroxyl groups is 2. The van der Waals surface area contributed by atoms with Crippen LogP contribution in [0.3, 0.4) is 0 Å². The van der Waals surface area contributed by atoms with Crippen molar-refractivity contribution in [2.75, 3.05) is 46.0 Å². The fraction of sp³-hybridized carbons (Fsp3) is 0.974. The highest BCUT2D eigenvalue weighted by Gasteiger charge is 2.85. The summed E-state index contributed by atoms with van der Waals surface area (Å²) >= 11 is 0. The minimum atomic E-state index is -1.06. The lowest BCUT2D eigenvalue weighted by Gasteiger charge is -2.63. The van der Waals surface area contributed by atoms with E-state index >= 15 is 0 Å². The summed E-state index contributed by atoms with van der Waals surface area (Å²) in [6, 6.07) is 0. The summed E-state index contributed by atoms with van der Waals surface area (Å²) in [6.07, 6.45) is 5.71. The van der Waals surface area contributed by atoms with Crippen molar-refractivity contribution in [3.8, 4) is 0 Å². The van der Waals surface area contributed by atoms with Crippen molar-refractivity contribution in [3.63, 3.8) is 0 Å². The Balaban J connectivity index is 1.07. The number of alkyl carbamates (subject to hydrolysis) is 1. The number of nitrogens with zero attached hydrogens (tertiary/aromatic N) is 1. The van der Waals surface area contributed by atoms with E-state index in [4.69, 9.17) is 24.7 Å². The van der Waals surface area contributed by atoms with Crippen molar-refractivity contribution in [2.24, 2.45) is 51.1 Å². The maximum atomic E-state index is 13.0. The molecule has 7 fully saturated rings. The summed E-state index contributed by atoms with van der Waals surface area (Å²) in [5.74, 6) is 1.12. The molecule has 0 aromatic carbocycles. The number of nitrogens with two attached hydrogens (primary N) is 1. The van der Waals surface area contributed by atoms with Gasteiger partial charge in [-0.15, -0.1) is 0 Å². The van der Waals surface area contributed by atoms with Gasteiger partial charge in [-0.25, -0.2) is 4.79 Å². The lowest BCUT2D eigenvalue weighted by molar-refractivity contribution is -0.214. The van der Waals surface area contributed by atoms with E-state index in [-0.39, 0.29) is 63.8 Å². The zero-order valence-corrected chi connectivity index (χ0v) is 30.8. The number of carbonyl (C=O) groups excluding carboxylic acids is 1. The van der Waals surface area contributed by atoms with Gasteiger partial charge in [0, 0.05) is 38.2 Å². The third-order valence-electron chi connectivity index (χ3n) is 15.7. The predicted octanol–water partition coefficient (Wildman–Crippen LogP) is 4.09. The first kappa shape index (κ1) is 35.4. The largest absolute Gasteiger partial charge is 0.446 e. The zero-order chi connectivity index (χ0) is 34.5. The van der Waals surface area contributed by atoms with Crippen LogP contribution < -0.4 is 11.1 Å². The molecule has 1 amide bonds. The normalized spacial score (nSPS) is 48.6. The number of ether oxygens (including phenoxy) is 4. The highest BCUT2D eigenvalue weighted by atomic mass is 16.6. The highest BCUT2D eigenvalue weighted by molar-refractivity contribution is 5.67. The van der Waals surface area contributed by atoms with Crippen LogP contribution in [0, 0.1) is 45.3 Å². The number of rotatable bonds is 8. The number of nitrogens with one attached hydrogen (secondary N) is 1. The molecule has 5 N–H and O–H groups in total. The maximum Gasteiger partial charge on any atom is 0.407 e. The van der Waals surface area contributed by atoms with Crippen molar-refractivity contribution in [3.05, 3.63) is 0 Å². The van der Waals surface area contributed by atoms with Gasteiger partial charge in [0.05, 0.1) is 42.7 Å². The topological polar surface area (TPSA) is 136 Å². The van der Waals surface area contributed by atoms with Gasteiger partial charge in [0.1, 0.15) is 12.2 Å². The van der Waals surface area contributed by atoms with Crippen LogP contribution >= 0.6 is 0 Å². The Morgan fingerprint density at radius 1 is 1.08 bits per heavy atom. The summed E-state index contributed by atoms with van der Waals surface area (Å²) in [5, 5.41) is 26.5. The molecule has 274 valence electrons. The third-order valence-corrected chi connectivity index (χ3v) is 15.7. The fourth-order valence-corrected chi connectivity index (χ4v) is 13.6. The van der Waals surface area contributed by atoms with Gasteiger partial charge < -0.3 is 40.2 Å². The van der Waals surface area contributed by atoms with Gasteiger partial charge in [0.25, 0.3) is 0 Å². The second kappa shape index (κ2) is 12.0. The summed E-state index contributed by atoms with van der Waals surface area (Å²) in [6.45, 7) is 20.0. The first-order valence-corrected chi connectivity index (χ1v) is 19.3. The first-order chi connectivity index (χ1) is 22.6. The van der Waals surface area contributed by atoms with Gasteiger partial charge in [0.15, 0.2) is 0 Å². The number of hydrogen-bond acceptors (Lipinski definition) is 9. The van der Waals surface area contributed by atoms with Crippen LogP contribution in [0.4, 0.5) is 4.79 Å². The molecule has 5 unspecified atom stereocenters. The molecule has 5 aliphatic carbocycles. The van der Waals surface area contributed by atoms with Crippen LogP contribution in [0.1, 0.15) is 99.8 Å². The molecule has 2 aliphatic heterocycles. The monoisotopic (exact) mass is 675 g/mol. The number of fused-ring (bicyclic) bond motifs is 4. The van der Waals surface area contributed by atoms with Crippen LogP contribution in [-0.2, 0) is 18.9 Å². The van der Waals surface area contributed by atoms with Crippen molar-refractivity contribution in [2.45, 2.75) is 141 Å². The highest BCUT2D eigenvalue weighted by Crippen LogP contribution is 2.87. The molecule has 13 atom stereocenters. The minimum absolute atomic E-state index is 0.116. The molecule has 2 heterocycles. The van der Waals surface area contributed by atoms with Crippen molar-refractivity contribution in [1.29, 1.82) is 0 Å². The quantitative estimate of drug-likeness (QED) is 0.300. The minimum Gasteiger partial charge on any atom is -0.446 e. The molecule has 2 saturated heterocycles. The molecule has 48 heavy (non-hydrogen) atoms. The second-order valence-corrected chi connectivity index (χ2v) is 18.5. The van der Waals surface area contributed by atoms with Gasteiger partial charge in [-0.05, 0) is 112 Å². The van der Waals surface area contributed by atoms with E-state index in [9.17, 15) is 15.0 Å². The lowest BCUT2D eigenvalue weighted by Crippen LogP contribution is -2.70. The fourth-order valence-electron chi connectivity index (χ4n) is 13.6. The molecule has 7 rings (SSSR count). The van der Waals surface area contributed by atoms with E-state index in [1.54, 1.807) is 13.8 Å². The van der Waals surface area contributed by atoms with E-state index in [0.29, 0.717) is 19.1 Å². The van der Waals surface area contributed by atoms with Gasteiger partial charge in [-0.2, -0.15) is 0 Å². The molecule has 0 aromatic heterocycles. The molecule has 7 aliphatic rings. The Labute approximate surface area is 288 Å². The SMILES string of the molecule is CCO[C@@H](C1C[C@@H](C)[C@H]2C(O1)[C@H](O)[C@@]1(N)C3CC[C@H]4C(C)(C)[C@@H](OC(=O)NCCN5CCOCC5)CC[C@@]45CC35CCC21C)C(C)(C)O. The molecule has 10 nitrogen and oxygen atoms in total. The predicted molar refractivity (Wildman–Crippen MR) is 182 cm³/mol. The Morgan fingerprint density at radius 3 is 2.46 bits per heavy atom. The number of hydrogen-bond donors (Lipinski definition) is 4. The van der Waals surface area contributed by atoms with Crippen LogP contribution in [-0.4, -0.2) is 109 Å². The van der Waals surface area contributed by atoms with E-state index in [1.165, 1.54) is 6.42 Å². The van der Waals surface area contributed by atoms with E-state index in [1.807, 2.05) is 6.92 Å². The Bertz CT molecular complexity index is 1220. The Kier molecular flexibility index (Phi) is 8.87. The summed E-state index contributed by atoms with van der Waals surface area (Å²) < 4.78 is 24.6. The van der Waals surface area contributed by atoms with Crippen LogP contribution in [0.5, 0.6) is 0 Å². The molecule has 10 heteroatoms. The second-order valence-electron chi connectivity index (χ2n) is 18.5. The van der Waals surface area contributed by atoms with E-state index in [2.05, 4.69) is 37.9 Å². The lowest BCUT2D eigenvalue weighted by atomic mass is 9.43. The maximum absolute atomic E-state index is 13.0. The zero-order valence-electron chi connectivity index (χ0n) is 30.8. The van der Waals surface area contributed by atoms with Crippen molar-refractivity contribution in [1.82, 2.24) is 10.2 Å². The smallest absolute Gasteiger partial charge is 0.407 e. The van der Waals surface area contributed by atoms with Crippen LogP contribution in [0.15, 0.2) is 0 Å². The summed E-state index contributed by atoms with van der Waals surface area (Å²) in [4.78, 5) is 15.3. The van der Waals surface area contributed by atoms with Gasteiger partial charge >= 0.3 is 6.09 Å². The molecule has 0 bridgehead atoms. The molecule has 2 spiro atoms. The summed E-state index contributed by atoms with van der Waals surface area (Å²) in [7, 11) is 0. The van der Waals surface area contributed by atoms with Crippen LogP contribution in [0.2, 0.25) is 0 Å². The third kappa shape index (κ3) is 5.00. The van der Waals surface area contributed by atoms with Crippen molar-refractivity contribution >= 4 is 6.09 Å². The first-order valence-electron chi connectivity index (χ1n) is 19.3. The molecule has 0 aromatic rings. The Hall–Kier alpha value is -1.01. The number of amides is 1. The van der Waals surface area contributed by atoms with Gasteiger partial charge in [-0.3, -0.25) is 4.90 Å². The number of carbonyl (C=O) groups is 1. The number of aliphatic hydroxyl groups excluding tert-OH is 1. The summed E-state index contributed by atoms with van der Waals surface area (Å²) in [5.41, 5.74) is 5.89. The van der Waals surface area contributed by atoms with E-state index < -0.39 is 23.3 Å².